The number of fused-ring (bicyclic) bond motifs is 1. The molecule has 0 saturated heterocycles. The highest BCUT2D eigenvalue weighted by Gasteiger charge is 2.21. The fourth-order valence-corrected chi connectivity index (χ4v) is 4.53. The van der Waals surface area contributed by atoms with Gasteiger partial charge in [0, 0.05) is 17.3 Å². The Labute approximate surface area is 217 Å². The van der Waals surface area contributed by atoms with E-state index in [9.17, 15) is 9.90 Å². The van der Waals surface area contributed by atoms with Gasteiger partial charge in [0.15, 0.2) is 0 Å². The second-order valence-corrected chi connectivity index (χ2v) is 9.87. The van der Waals surface area contributed by atoms with Crippen molar-refractivity contribution in [3.63, 3.8) is 0 Å². The van der Waals surface area contributed by atoms with Gasteiger partial charge in [0.05, 0.1) is 16.8 Å². The third-order valence-corrected chi connectivity index (χ3v) is 6.30. The van der Waals surface area contributed by atoms with Gasteiger partial charge in [0.25, 0.3) is 0 Å². The molecular weight excluding hydrogens is 470 g/mol. The van der Waals surface area contributed by atoms with Crippen LogP contribution in [0.3, 0.4) is 0 Å². The zero-order chi connectivity index (χ0) is 25.7. The Bertz CT molecular complexity index is 1400. The summed E-state index contributed by atoms with van der Waals surface area (Å²) in [6.45, 7) is 4.99. The van der Waals surface area contributed by atoms with Crippen LogP contribution in [0.2, 0.25) is 5.02 Å². The molecule has 1 heterocycles. The lowest BCUT2D eigenvalue weighted by molar-refractivity contribution is -0.147. The molecule has 0 aliphatic heterocycles. The summed E-state index contributed by atoms with van der Waals surface area (Å²) in [6, 6.07) is 25.5. The van der Waals surface area contributed by atoms with Gasteiger partial charge < -0.3 is 9.84 Å². The minimum atomic E-state index is -0.944. The Morgan fingerprint density at radius 2 is 1.81 bits per heavy atom. The number of carbonyl (C=O) groups is 1. The third-order valence-electron chi connectivity index (χ3n) is 6.07. The summed E-state index contributed by atoms with van der Waals surface area (Å²) in [4.78, 5) is 16.6. The van der Waals surface area contributed by atoms with Crippen molar-refractivity contribution in [2.24, 2.45) is 0 Å². The van der Waals surface area contributed by atoms with Crippen molar-refractivity contribution < 1.29 is 14.6 Å². The van der Waals surface area contributed by atoms with Gasteiger partial charge in [0.2, 0.25) is 0 Å². The van der Waals surface area contributed by atoms with Crippen molar-refractivity contribution in [1.29, 1.82) is 0 Å². The number of aliphatic hydroxyl groups is 1. The maximum absolute atomic E-state index is 11.9. The average molecular weight is 500 g/mol. The first-order chi connectivity index (χ1) is 17.2. The van der Waals surface area contributed by atoms with Gasteiger partial charge >= 0.3 is 5.97 Å². The lowest BCUT2D eigenvalue weighted by Crippen LogP contribution is -2.18. The number of benzene rings is 3. The zero-order valence-corrected chi connectivity index (χ0v) is 21.5. The van der Waals surface area contributed by atoms with Crippen molar-refractivity contribution in [1.82, 2.24) is 4.98 Å². The van der Waals surface area contributed by atoms with Crippen LogP contribution < -0.4 is 0 Å². The molecule has 0 bridgehead atoms. The van der Waals surface area contributed by atoms with Crippen molar-refractivity contribution in [2.45, 2.75) is 45.3 Å². The Hall–Kier alpha value is -3.47. The number of aryl methyl sites for hydroxylation is 1. The Morgan fingerprint density at radius 3 is 2.58 bits per heavy atom. The van der Waals surface area contributed by atoms with Gasteiger partial charge in [-0.05, 0) is 79.3 Å². The third kappa shape index (κ3) is 6.60. The number of nitrogens with zero attached hydrogens (tertiary/aromatic N) is 1. The number of rotatable bonds is 8. The maximum Gasteiger partial charge on any atom is 0.303 e. The number of halogens is 1. The number of hydrogen-bond acceptors (Lipinski definition) is 4. The van der Waals surface area contributed by atoms with Gasteiger partial charge in [-0.3, -0.25) is 4.79 Å². The average Bonchev–Trinajstić information content (AvgIpc) is 2.84. The highest BCUT2D eigenvalue weighted by Crippen LogP contribution is 2.29. The number of esters is 1. The molecule has 4 aromatic rings. The molecule has 184 valence electrons. The summed E-state index contributed by atoms with van der Waals surface area (Å²) in [7, 11) is 0. The van der Waals surface area contributed by atoms with Crippen LogP contribution in [0.15, 0.2) is 78.9 Å². The fourth-order valence-electron chi connectivity index (χ4n) is 4.36. The molecule has 0 radical (unpaired) electrons. The van der Waals surface area contributed by atoms with Crippen molar-refractivity contribution in [3.05, 3.63) is 112 Å². The topological polar surface area (TPSA) is 59.4 Å². The summed E-state index contributed by atoms with van der Waals surface area (Å²) < 4.78 is 5.71. The minimum absolute atomic E-state index is 0.323. The molecule has 3 aromatic carbocycles. The first-order valence-corrected chi connectivity index (χ1v) is 12.4. The number of pyridine rings is 1. The van der Waals surface area contributed by atoms with Crippen LogP contribution in [0.1, 0.15) is 61.2 Å². The molecule has 1 aromatic heterocycles. The predicted molar refractivity (Wildman–Crippen MR) is 147 cm³/mol. The Morgan fingerprint density at radius 1 is 1.03 bits per heavy atom. The summed E-state index contributed by atoms with van der Waals surface area (Å²) >= 11 is 6.12. The molecule has 0 amide bonds. The summed E-state index contributed by atoms with van der Waals surface area (Å²) in [5.74, 6) is -0.323. The molecule has 1 atom stereocenters. The number of carbonyl (C=O) groups excluding carboxylic acids is 1. The van der Waals surface area contributed by atoms with Crippen LogP contribution in [0, 0.1) is 0 Å². The highest BCUT2D eigenvalue weighted by atomic mass is 35.5. The largest absolute Gasteiger partial charge is 0.458 e. The fraction of sp³-hybridized carbons (Fsp3) is 0.226. The van der Waals surface area contributed by atoms with Gasteiger partial charge in [-0.1, -0.05) is 72.3 Å². The van der Waals surface area contributed by atoms with Crippen LogP contribution in [0.5, 0.6) is 0 Å². The van der Waals surface area contributed by atoms with E-state index in [0.717, 1.165) is 38.9 Å². The van der Waals surface area contributed by atoms with Crippen molar-refractivity contribution in [2.75, 3.05) is 0 Å². The first-order valence-electron chi connectivity index (χ1n) is 12.0. The minimum Gasteiger partial charge on any atom is -0.458 e. The molecule has 0 fully saturated rings. The van der Waals surface area contributed by atoms with Gasteiger partial charge in [-0.15, -0.1) is 0 Å². The molecular formula is C31H30ClNO3. The van der Waals surface area contributed by atoms with Gasteiger partial charge in [-0.25, -0.2) is 4.98 Å². The smallest absolute Gasteiger partial charge is 0.303 e. The Balaban J connectivity index is 1.55. The second kappa shape index (κ2) is 11.1. The molecule has 0 saturated carbocycles. The second-order valence-electron chi connectivity index (χ2n) is 9.43. The molecule has 36 heavy (non-hydrogen) atoms. The molecule has 1 N–H and O–H groups in total. The predicted octanol–water partition coefficient (Wildman–Crippen LogP) is 7.52. The van der Waals surface area contributed by atoms with Crippen LogP contribution in [0.4, 0.5) is 0 Å². The van der Waals surface area contributed by atoms with Crippen LogP contribution >= 0.6 is 11.6 Å². The SMILES string of the molecule is CC(=O)O[C@@H](CCc1ccccc1C(C)(C)O)c1cccc(C=Cc2ccc3ccc(Cl)cc3n2)c1. The van der Waals surface area contributed by atoms with E-state index in [1.165, 1.54) is 6.92 Å². The van der Waals surface area contributed by atoms with Crippen molar-refractivity contribution >= 4 is 40.6 Å². The summed E-state index contributed by atoms with van der Waals surface area (Å²) in [5.41, 5.74) is 4.56. The van der Waals surface area contributed by atoms with E-state index < -0.39 is 11.7 Å². The maximum atomic E-state index is 11.9. The Kier molecular flexibility index (Phi) is 7.88. The zero-order valence-electron chi connectivity index (χ0n) is 20.7. The molecule has 4 rings (SSSR count). The molecule has 0 aliphatic carbocycles. The van der Waals surface area contributed by atoms with Crippen molar-refractivity contribution in [3.8, 4) is 0 Å². The quantitative estimate of drug-likeness (QED) is 0.255. The lowest BCUT2D eigenvalue weighted by atomic mass is 9.90. The number of ether oxygens (including phenoxy) is 1. The molecule has 0 spiro atoms. The number of aromatic nitrogens is 1. The van der Waals surface area contributed by atoms with E-state index >= 15 is 0 Å². The highest BCUT2D eigenvalue weighted by molar-refractivity contribution is 6.31. The van der Waals surface area contributed by atoms with Crippen LogP contribution in [0.25, 0.3) is 23.1 Å². The van der Waals surface area contributed by atoms with Crippen LogP contribution in [-0.4, -0.2) is 16.1 Å². The summed E-state index contributed by atoms with van der Waals surface area (Å²) in [5, 5.41) is 12.2. The van der Waals surface area contributed by atoms with E-state index in [1.807, 2.05) is 91.0 Å². The van der Waals surface area contributed by atoms with E-state index in [1.54, 1.807) is 13.8 Å². The standard InChI is InChI=1S/C31H30ClNO3/c1-21(34)36-30(18-14-23-8-4-5-10-28(23)31(2,3)35)25-9-6-7-22(19-25)11-16-27-17-13-24-12-15-26(32)20-29(24)33-27/h4-13,15-17,19-20,30,35H,14,18H2,1-3H3/t30-/m0/s1. The first kappa shape index (κ1) is 25.6. The lowest BCUT2D eigenvalue weighted by Gasteiger charge is -2.23. The van der Waals surface area contributed by atoms with Gasteiger partial charge in [0.1, 0.15) is 6.10 Å². The van der Waals surface area contributed by atoms with E-state index in [4.69, 9.17) is 16.3 Å². The monoisotopic (exact) mass is 499 g/mol. The molecule has 5 heteroatoms. The van der Waals surface area contributed by atoms with Crippen LogP contribution in [-0.2, 0) is 21.6 Å². The van der Waals surface area contributed by atoms with E-state index in [0.29, 0.717) is 17.9 Å². The molecule has 4 nitrogen and oxygen atoms in total. The number of hydrogen-bond donors (Lipinski definition) is 1. The molecule has 0 aliphatic rings. The summed E-state index contributed by atoms with van der Waals surface area (Å²) in [6.07, 6.45) is 4.83. The normalized spacial score (nSPS) is 12.7. The van der Waals surface area contributed by atoms with E-state index in [2.05, 4.69) is 4.98 Å². The van der Waals surface area contributed by atoms with Gasteiger partial charge in [-0.2, -0.15) is 0 Å². The van der Waals surface area contributed by atoms with E-state index in [-0.39, 0.29) is 5.97 Å². The molecule has 0 unspecified atom stereocenters.